The molecule has 10 nitrogen and oxygen atoms in total. The number of hydrogen-bond acceptors (Lipinski definition) is 8. The number of aromatic nitrogens is 1. The minimum atomic E-state index is -1.08. The van der Waals surface area contributed by atoms with Crippen LogP contribution in [0.5, 0.6) is 0 Å². The number of carboxylic acids is 1. The largest absolute Gasteiger partial charge is 0.481 e. The molecule has 194 valence electrons. The van der Waals surface area contributed by atoms with E-state index in [0.29, 0.717) is 65.2 Å². The molecule has 1 amide bonds. The van der Waals surface area contributed by atoms with Crippen LogP contribution in [0.1, 0.15) is 42.9 Å². The van der Waals surface area contributed by atoms with Gasteiger partial charge in [0.15, 0.2) is 0 Å². The van der Waals surface area contributed by atoms with E-state index in [2.05, 4.69) is 32.3 Å². The first-order valence-corrected chi connectivity index (χ1v) is 12.3. The van der Waals surface area contributed by atoms with Crippen LogP contribution in [-0.4, -0.2) is 47.0 Å². The van der Waals surface area contributed by atoms with Crippen molar-refractivity contribution < 1.29 is 28.7 Å². The highest BCUT2D eigenvalue weighted by atomic mass is 35.5. The SMILES string of the molecule is Cc1noc(C#CC2=CC3=NC(C4(C(=O)O)CCOCC4)=CC3=N2)c1NC(=O)OC(C)c1ccccc1Cl. The highest BCUT2D eigenvalue weighted by Gasteiger charge is 2.46. The van der Waals surface area contributed by atoms with Crippen LogP contribution in [0.3, 0.4) is 0 Å². The number of benzene rings is 1. The Morgan fingerprint density at radius 3 is 2.61 bits per heavy atom. The summed E-state index contributed by atoms with van der Waals surface area (Å²) >= 11 is 6.19. The fraction of sp³-hybridized carbons (Fsp3) is 0.296. The molecule has 1 fully saturated rings. The van der Waals surface area contributed by atoms with Crippen LogP contribution in [0.4, 0.5) is 10.5 Å². The van der Waals surface area contributed by atoms with E-state index < -0.39 is 23.6 Å². The molecule has 5 rings (SSSR count). The molecule has 1 saturated heterocycles. The fourth-order valence-corrected chi connectivity index (χ4v) is 4.69. The van der Waals surface area contributed by atoms with Gasteiger partial charge >= 0.3 is 12.1 Å². The molecular weight excluding hydrogens is 512 g/mol. The summed E-state index contributed by atoms with van der Waals surface area (Å²) in [5.41, 5.74) is 2.31. The van der Waals surface area contributed by atoms with Crippen LogP contribution in [0.2, 0.25) is 5.02 Å². The number of fused-ring (bicyclic) bond motifs is 1. The third-order valence-corrected chi connectivity index (χ3v) is 6.90. The van der Waals surface area contributed by atoms with Crippen LogP contribution in [0.25, 0.3) is 0 Å². The van der Waals surface area contributed by atoms with E-state index in [1.165, 1.54) is 0 Å². The fourth-order valence-electron chi connectivity index (χ4n) is 4.40. The van der Waals surface area contributed by atoms with Crippen molar-refractivity contribution in [1.29, 1.82) is 0 Å². The third-order valence-electron chi connectivity index (χ3n) is 6.56. The Hall–Kier alpha value is -4.20. The number of nitrogens with zero attached hydrogens (tertiary/aromatic N) is 3. The van der Waals surface area contributed by atoms with Crippen molar-refractivity contribution in [1.82, 2.24) is 5.16 Å². The first-order chi connectivity index (χ1) is 18.3. The second-order valence-corrected chi connectivity index (χ2v) is 9.38. The van der Waals surface area contributed by atoms with Gasteiger partial charge in [-0.05, 0) is 50.7 Å². The number of aliphatic carboxylic acids is 1. The smallest absolute Gasteiger partial charge is 0.412 e. The average molecular weight is 535 g/mol. The molecule has 1 unspecified atom stereocenters. The molecule has 1 aromatic carbocycles. The first kappa shape index (κ1) is 25.4. The highest BCUT2D eigenvalue weighted by Crippen LogP contribution is 2.41. The van der Waals surface area contributed by atoms with Crippen molar-refractivity contribution in [2.24, 2.45) is 15.4 Å². The number of halogens is 1. The molecular formula is C27H23ClN4O6. The van der Waals surface area contributed by atoms with E-state index in [-0.39, 0.29) is 11.4 Å². The lowest BCUT2D eigenvalue weighted by molar-refractivity contribution is -0.151. The van der Waals surface area contributed by atoms with Crippen molar-refractivity contribution >= 4 is 40.8 Å². The lowest BCUT2D eigenvalue weighted by Crippen LogP contribution is -2.38. The molecule has 11 heteroatoms. The number of carbonyl (C=O) groups is 2. The molecule has 0 spiro atoms. The maximum atomic E-state index is 12.5. The maximum absolute atomic E-state index is 12.5. The molecule has 3 aliphatic rings. The Morgan fingerprint density at radius 2 is 1.89 bits per heavy atom. The van der Waals surface area contributed by atoms with E-state index >= 15 is 0 Å². The second-order valence-electron chi connectivity index (χ2n) is 8.97. The van der Waals surface area contributed by atoms with Crippen molar-refractivity contribution in [3.05, 3.63) is 69.9 Å². The number of aryl methyl sites for hydroxylation is 1. The van der Waals surface area contributed by atoms with Crippen LogP contribution in [0, 0.1) is 24.2 Å². The van der Waals surface area contributed by atoms with Gasteiger partial charge in [0, 0.05) is 29.9 Å². The van der Waals surface area contributed by atoms with Gasteiger partial charge in [-0.25, -0.2) is 14.8 Å². The number of carboxylic acid groups (broad SMARTS) is 1. The number of rotatable bonds is 5. The van der Waals surface area contributed by atoms with Crippen LogP contribution in [0.15, 0.2) is 62.3 Å². The Kier molecular flexibility index (Phi) is 6.89. The van der Waals surface area contributed by atoms with Crippen molar-refractivity contribution in [2.45, 2.75) is 32.8 Å². The molecule has 2 N–H and O–H groups in total. The molecule has 0 aliphatic carbocycles. The summed E-state index contributed by atoms with van der Waals surface area (Å²) in [6, 6.07) is 7.10. The lowest BCUT2D eigenvalue weighted by atomic mass is 9.77. The van der Waals surface area contributed by atoms with Crippen molar-refractivity contribution in [3.8, 4) is 11.8 Å². The van der Waals surface area contributed by atoms with E-state index in [1.807, 2.05) is 6.07 Å². The van der Waals surface area contributed by atoms with Gasteiger partial charge in [0.2, 0.25) is 5.76 Å². The second kappa shape index (κ2) is 10.3. The molecule has 0 bridgehead atoms. The minimum Gasteiger partial charge on any atom is -0.481 e. The number of anilines is 1. The normalized spacial score (nSPS) is 18.2. The van der Waals surface area contributed by atoms with Gasteiger partial charge in [0.1, 0.15) is 28.6 Å². The zero-order chi connectivity index (χ0) is 26.9. The number of nitrogens with one attached hydrogen (secondary N) is 1. The molecule has 38 heavy (non-hydrogen) atoms. The lowest BCUT2D eigenvalue weighted by Gasteiger charge is -2.32. The van der Waals surface area contributed by atoms with Gasteiger partial charge in [0.25, 0.3) is 0 Å². The van der Waals surface area contributed by atoms with Gasteiger partial charge in [-0.3, -0.25) is 10.1 Å². The molecule has 0 saturated carbocycles. The number of ether oxygens (including phenoxy) is 2. The third kappa shape index (κ3) is 4.86. The number of aliphatic imine (C=N–C) groups is 2. The highest BCUT2D eigenvalue weighted by molar-refractivity contribution is 6.54. The van der Waals surface area contributed by atoms with Gasteiger partial charge in [-0.2, -0.15) is 0 Å². The Balaban J connectivity index is 1.28. The first-order valence-electron chi connectivity index (χ1n) is 11.9. The molecule has 0 radical (unpaired) electrons. The molecule has 3 aliphatic heterocycles. The van der Waals surface area contributed by atoms with Crippen molar-refractivity contribution in [2.75, 3.05) is 18.5 Å². The van der Waals surface area contributed by atoms with Crippen LogP contribution >= 0.6 is 11.6 Å². The van der Waals surface area contributed by atoms with Gasteiger partial charge in [-0.15, -0.1) is 0 Å². The van der Waals surface area contributed by atoms with Gasteiger partial charge in [0.05, 0.1) is 17.1 Å². The average Bonchev–Trinajstić information content (AvgIpc) is 3.57. The number of hydrogen-bond donors (Lipinski definition) is 2. The molecule has 1 aromatic heterocycles. The molecule has 1 atom stereocenters. The monoisotopic (exact) mass is 534 g/mol. The zero-order valence-corrected chi connectivity index (χ0v) is 21.3. The summed E-state index contributed by atoms with van der Waals surface area (Å²) in [6.07, 6.45) is 2.79. The maximum Gasteiger partial charge on any atom is 0.412 e. The summed E-state index contributed by atoms with van der Waals surface area (Å²) in [6.45, 7) is 4.12. The molecule has 4 heterocycles. The van der Waals surface area contributed by atoms with E-state index in [1.54, 1.807) is 44.2 Å². The predicted molar refractivity (Wildman–Crippen MR) is 139 cm³/mol. The predicted octanol–water partition coefficient (Wildman–Crippen LogP) is 4.86. The quantitative estimate of drug-likeness (QED) is 0.523. The Labute approximate surface area is 223 Å². The standard InChI is InChI=1S/C27H23ClN4O6/c1-15-24(31-26(35)37-16(2)18-5-3-4-6-19(18)28)22(38-32-15)8-7-17-13-20-21(29-17)14-23(30-20)27(25(33)34)9-11-36-12-10-27/h3-6,13-14,16H,9-12H2,1-2H3,(H,31,35)(H,33,34). The summed E-state index contributed by atoms with van der Waals surface area (Å²) in [4.78, 5) is 33.6. The number of carbonyl (C=O) groups excluding carboxylic acids is 1. The Bertz CT molecular complexity index is 1500. The summed E-state index contributed by atoms with van der Waals surface area (Å²) in [5.74, 6) is 4.94. The van der Waals surface area contributed by atoms with E-state index in [4.69, 9.17) is 25.6 Å². The summed E-state index contributed by atoms with van der Waals surface area (Å²) < 4.78 is 16.1. The number of amides is 1. The van der Waals surface area contributed by atoms with E-state index in [9.17, 15) is 14.7 Å². The van der Waals surface area contributed by atoms with Crippen molar-refractivity contribution in [3.63, 3.8) is 0 Å². The minimum absolute atomic E-state index is 0.133. The van der Waals surface area contributed by atoms with Gasteiger partial charge in [-0.1, -0.05) is 35.0 Å². The van der Waals surface area contributed by atoms with Crippen LogP contribution < -0.4 is 5.32 Å². The summed E-state index contributed by atoms with van der Waals surface area (Å²) in [7, 11) is 0. The Morgan fingerprint density at radius 1 is 1.16 bits per heavy atom. The zero-order valence-electron chi connectivity index (χ0n) is 20.6. The number of allylic oxidation sites excluding steroid dienone is 3. The molecule has 2 aromatic rings. The topological polar surface area (TPSA) is 136 Å². The van der Waals surface area contributed by atoms with E-state index in [0.717, 1.165) is 0 Å². The van der Waals surface area contributed by atoms with Crippen LogP contribution in [-0.2, 0) is 14.3 Å². The van der Waals surface area contributed by atoms with Gasteiger partial charge < -0.3 is 19.1 Å². The summed E-state index contributed by atoms with van der Waals surface area (Å²) in [5, 5.41) is 16.9.